The molecular weight excluding hydrogens is 1240 g/mol. The fraction of sp³-hybridized carbons (Fsp3) is 0.821. The third kappa shape index (κ3) is 26.6. The molecule has 0 radical (unpaired) electrons. The zero-order valence-corrected chi connectivity index (χ0v) is 53.1. The first-order valence-corrected chi connectivity index (χ1v) is 31.3. The van der Waals surface area contributed by atoms with Crippen molar-refractivity contribution in [3.8, 4) is 0 Å². The highest BCUT2D eigenvalue weighted by Crippen LogP contribution is 2.27. The molecule has 0 aliphatic carbocycles. The van der Waals surface area contributed by atoms with E-state index in [1.54, 1.807) is 6.92 Å². The highest BCUT2D eigenvalue weighted by atomic mass is 16.7. The van der Waals surface area contributed by atoms with Gasteiger partial charge in [0.25, 0.3) is 0 Å². The summed E-state index contributed by atoms with van der Waals surface area (Å²) in [5.74, 6) is -7.63. The molecule has 4 fully saturated rings. The molecule has 4 heterocycles. The zero-order valence-electron chi connectivity index (χ0n) is 53.1. The standard InChI is InChI=1S/C56H99N13O24/c1-28-42(63-29(2)73)54(91-36(22-70)45(28)79)88-25-58-17-9-6-12-32-50(84)61-21-41(78)67-34(14-8-11-19-60-27-90-56-44(65-31(4)75)49(83)47(81)38(24-72)93-56)52(86)69-35(15-16-39(76)57-5)53(87)68-33(51(85)62-20-40(77)66-32)13-7-10-18-59-26-89-55-43(64-30(3)74)48(82)46(80)37(23-71)92-55/h28,32-38,42-49,54-56,58-60,70-72,79-83H,6-27H2,1-5H3,(H,57,76)(H,61,84)(H,62,85)(H,63,73)(H,64,74)(H,65,75)(H,66,77)(H,67,78)(H,68,87)(H,69,86)/t28-,32-,33-,34-,35-,36-,37-,38-,42-,43-,44-,45-,46+,47+,48-,49-,54-,55-,56-/m1/s1. The van der Waals surface area contributed by atoms with Crippen LogP contribution in [0, 0.1) is 5.92 Å². The van der Waals surface area contributed by atoms with E-state index >= 15 is 0 Å². The van der Waals surface area contributed by atoms with E-state index in [4.69, 9.17) is 28.4 Å². The summed E-state index contributed by atoms with van der Waals surface area (Å²) in [7, 11) is 1.36. The fourth-order valence-electron chi connectivity index (χ4n) is 10.6. The van der Waals surface area contributed by atoms with Crippen LogP contribution in [0.5, 0.6) is 0 Å². The Morgan fingerprint density at radius 2 is 0.796 bits per heavy atom. The SMILES string of the molecule is CNC(=O)CC[C@H]1NC(=O)[C@@H](CCCCNCO[C@@H]2O[C@H](CO)[C@H](O)[C@H](O)[C@H]2NC(C)=O)NC(=O)CNC(=O)[C@@H](CCCCNCO[C@@H]2O[C@H](CO)[C@H](O)[C@H](C)[C@H]2NC(C)=O)NC(=O)CNC(=O)[C@@H](CCCCNCO[C@@H]2O[C@H](CO)[C@H](O)[C@H](O)[C@H]2NC(C)=O)NC1=O. The van der Waals surface area contributed by atoms with Gasteiger partial charge in [-0.05, 0) is 83.8 Å². The van der Waals surface area contributed by atoms with Gasteiger partial charge in [0.1, 0.15) is 79.0 Å². The number of hydrogen-bond donors (Lipinski definition) is 21. The molecule has 0 unspecified atom stereocenters. The van der Waals surface area contributed by atoms with Gasteiger partial charge in [-0.1, -0.05) is 6.92 Å². The highest BCUT2D eigenvalue weighted by molar-refractivity contribution is 5.97. The normalized spacial score (nSPS) is 31.8. The maximum absolute atomic E-state index is 14.3. The fourth-order valence-corrected chi connectivity index (χ4v) is 10.6. The van der Waals surface area contributed by atoms with Crippen molar-refractivity contribution in [3.05, 3.63) is 0 Å². The van der Waals surface area contributed by atoms with Crippen LogP contribution in [-0.2, 0) is 76.4 Å². The van der Waals surface area contributed by atoms with Crippen molar-refractivity contribution < 1.29 is 117 Å². The molecule has 37 heteroatoms. The van der Waals surface area contributed by atoms with Gasteiger partial charge in [0.2, 0.25) is 59.1 Å². The number of amides is 10. The number of unbranched alkanes of at least 4 members (excludes halogenated alkanes) is 3. The van der Waals surface area contributed by atoms with E-state index in [2.05, 4.69) is 69.1 Å². The van der Waals surface area contributed by atoms with Gasteiger partial charge in [0.05, 0.1) is 65.2 Å². The van der Waals surface area contributed by atoms with Crippen molar-refractivity contribution >= 4 is 59.1 Å². The van der Waals surface area contributed by atoms with Crippen LogP contribution in [0.2, 0.25) is 0 Å². The summed E-state index contributed by atoms with van der Waals surface area (Å²) in [6, 6.07) is -8.65. The largest absolute Gasteiger partial charge is 0.394 e. The first kappa shape index (κ1) is 79.5. The van der Waals surface area contributed by atoms with Crippen molar-refractivity contribution in [3.63, 3.8) is 0 Å². The van der Waals surface area contributed by atoms with Crippen LogP contribution in [0.1, 0.15) is 98.3 Å². The first-order chi connectivity index (χ1) is 44.3. The van der Waals surface area contributed by atoms with Crippen molar-refractivity contribution in [2.24, 2.45) is 5.92 Å². The van der Waals surface area contributed by atoms with Gasteiger partial charge in [0, 0.05) is 40.2 Å². The second-order valence-electron chi connectivity index (χ2n) is 23.1. The van der Waals surface area contributed by atoms with E-state index in [9.17, 15) is 88.8 Å². The molecule has 19 atom stereocenters. The van der Waals surface area contributed by atoms with Gasteiger partial charge in [0.15, 0.2) is 18.9 Å². The van der Waals surface area contributed by atoms with Crippen LogP contribution in [0.3, 0.4) is 0 Å². The van der Waals surface area contributed by atoms with E-state index in [-0.39, 0.29) is 78.2 Å². The summed E-state index contributed by atoms with van der Waals surface area (Å²) in [4.78, 5) is 132. The summed E-state index contributed by atoms with van der Waals surface area (Å²) in [6.07, 6.45) is -13.2. The monoisotopic (exact) mass is 1340 g/mol. The molecular formula is C56H99N13O24. The second-order valence-corrected chi connectivity index (χ2v) is 23.1. The van der Waals surface area contributed by atoms with Crippen molar-refractivity contribution in [2.75, 3.05) is 79.8 Å². The molecule has 0 saturated carbocycles. The zero-order chi connectivity index (χ0) is 68.7. The van der Waals surface area contributed by atoms with Crippen LogP contribution in [0.4, 0.5) is 0 Å². The minimum Gasteiger partial charge on any atom is -0.394 e. The van der Waals surface area contributed by atoms with Crippen molar-refractivity contribution in [1.29, 1.82) is 0 Å². The number of aliphatic hydroxyl groups is 8. The summed E-state index contributed by atoms with van der Waals surface area (Å²) >= 11 is 0. The summed E-state index contributed by atoms with van der Waals surface area (Å²) in [5, 5.41) is 116. The van der Waals surface area contributed by atoms with Gasteiger partial charge in [-0.3, -0.25) is 63.9 Å². The van der Waals surface area contributed by atoms with E-state index < -0.39 is 208 Å². The van der Waals surface area contributed by atoms with E-state index in [1.165, 1.54) is 27.8 Å². The van der Waals surface area contributed by atoms with Crippen LogP contribution in [0.15, 0.2) is 0 Å². The molecule has 93 heavy (non-hydrogen) atoms. The number of nitrogens with one attached hydrogen (secondary N) is 13. The molecule has 0 bridgehead atoms. The Bertz CT molecular complexity index is 2330. The molecule has 4 rings (SSSR count). The number of ether oxygens (including phenoxy) is 6. The number of aliphatic hydroxyl groups excluding tert-OH is 8. The second kappa shape index (κ2) is 41.8. The predicted molar refractivity (Wildman–Crippen MR) is 320 cm³/mol. The Morgan fingerprint density at radius 3 is 1.16 bits per heavy atom. The highest BCUT2D eigenvalue weighted by Gasteiger charge is 2.48. The third-order valence-corrected chi connectivity index (χ3v) is 15.8. The minimum atomic E-state index is -1.55. The lowest BCUT2D eigenvalue weighted by molar-refractivity contribution is -0.271. The van der Waals surface area contributed by atoms with Crippen molar-refractivity contribution in [2.45, 2.75) is 208 Å². The summed E-state index contributed by atoms with van der Waals surface area (Å²) in [6.45, 7) is 2.36. The Kier molecular flexibility index (Phi) is 35.7. The van der Waals surface area contributed by atoms with E-state index in [0.29, 0.717) is 32.2 Å². The number of carbonyl (C=O) groups is 10. The van der Waals surface area contributed by atoms with Crippen molar-refractivity contribution in [1.82, 2.24) is 69.1 Å². The van der Waals surface area contributed by atoms with Gasteiger partial charge in [-0.15, -0.1) is 0 Å². The molecule has 37 nitrogen and oxygen atoms in total. The van der Waals surface area contributed by atoms with E-state index in [1.807, 2.05) is 0 Å². The first-order valence-electron chi connectivity index (χ1n) is 31.3. The van der Waals surface area contributed by atoms with Gasteiger partial charge in [-0.25, -0.2) is 0 Å². The topological polar surface area (TPSA) is 544 Å². The number of carbonyl (C=O) groups excluding carboxylic acids is 10. The smallest absolute Gasteiger partial charge is 0.243 e. The molecule has 21 N–H and O–H groups in total. The van der Waals surface area contributed by atoms with Gasteiger partial charge < -0.3 is 122 Å². The molecule has 0 aromatic carbocycles. The molecule has 4 aliphatic rings. The van der Waals surface area contributed by atoms with Crippen LogP contribution in [0.25, 0.3) is 0 Å². The lowest BCUT2D eigenvalue weighted by Gasteiger charge is -2.43. The lowest BCUT2D eigenvalue weighted by atomic mass is 9.89. The summed E-state index contributed by atoms with van der Waals surface area (Å²) < 4.78 is 34.1. The van der Waals surface area contributed by atoms with Gasteiger partial charge in [-0.2, -0.15) is 0 Å². The predicted octanol–water partition coefficient (Wildman–Crippen LogP) is -9.99. The summed E-state index contributed by atoms with van der Waals surface area (Å²) in [5.41, 5.74) is 0. The Hall–Kier alpha value is -5.98. The maximum Gasteiger partial charge on any atom is 0.243 e. The van der Waals surface area contributed by atoms with Crippen LogP contribution >= 0.6 is 0 Å². The Labute approximate surface area is 538 Å². The number of rotatable bonds is 33. The minimum absolute atomic E-state index is 0.00849. The molecule has 0 aromatic rings. The average molecular weight is 1340 g/mol. The lowest BCUT2D eigenvalue weighted by Crippen LogP contribution is -2.64. The molecule has 10 amide bonds. The average Bonchev–Trinajstić information content (AvgIpc) is 0.853. The Morgan fingerprint density at radius 1 is 0.462 bits per heavy atom. The van der Waals surface area contributed by atoms with Crippen LogP contribution in [-0.4, -0.2) is 290 Å². The molecule has 0 spiro atoms. The molecule has 4 aliphatic heterocycles. The molecule has 0 aromatic heterocycles. The Balaban J connectivity index is 1.49. The maximum atomic E-state index is 14.3. The van der Waals surface area contributed by atoms with Crippen LogP contribution < -0.4 is 69.1 Å². The molecule has 4 saturated heterocycles. The van der Waals surface area contributed by atoms with E-state index in [0.717, 1.165) is 0 Å². The molecule has 532 valence electrons. The quantitative estimate of drug-likeness (QED) is 0.0214. The van der Waals surface area contributed by atoms with Gasteiger partial charge >= 0.3 is 0 Å². The number of hydrogen-bond acceptors (Lipinski definition) is 27. The third-order valence-electron chi connectivity index (χ3n) is 15.8.